The maximum atomic E-state index is 12.5. The number of thiophene rings is 1. The molecular formula is C17H22N2O3S2. The maximum Gasteiger partial charge on any atom is 0.348 e. The smallest absolute Gasteiger partial charge is 0.348 e. The van der Waals surface area contributed by atoms with Crippen LogP contribution in [0.3, 0.4) is 0 Å². The van der Waals surface area contributed by atoms with Crippen molar-refractivity contribution < 1.29 is 9.53 Å². The lowest BCUT2D eigenvalue weighted by Gasteiger charge is -2.15. The number of thioether (sulfide) groups is 1. The van der Waals surface area contributed by atoms with Gasteiger partial charge in [0.2, 0.25) is 0 Å². The molecule has 2 aromatic rings. The van der Waals surface area contributed by atoms with E-state index in [0.29, 0.717) is 38.3 Å². The van der Waals surface area contributed by atoms with Crippen LogP contribution in [-0.4, -0.2) is 27.8 Å². The van der Waals surface area contributed by atoms with E-state index >= 15 is 0 Å². The summed E-state index contributed by atoms with van der Waals surface area (Å²) in [6.07, 6.45) is 5.07. The van der Waals surface area contributed by atoms with E-state index in [1.807, 2.05) is 11.8 Å². The highest BCUT2D eigenvalue weighted by atomic mass is 32.2. The molecular weight excluding hydrogens is 344 g/mol. The molecule has 0 unspecified atom stereocenters. The molecule has 5 nitrogen and oxygen atoms in total. The number of rotatable bonds is 5. The van der Waals surface area contributed by atoms with E-state index in [1.165, 1.54) is 37.0 Å². The molecule has 0 aromatic carbocycles. The number of aromatic amines is 1. The highest BCUT2D eigenvalue weighted by molar-refractivity contribution is 8.00. The zero-order valence-electron chi connectivity index (χ0n) is 14.2. The molecule has 0 amide bonds. The number of carbonyl (C=O) groups excluding carboxylic acids is 1. The van der Waals surface area contributed by atoms with Crippen LogP contribution in [0.2, 0.25) is 0 Å². The molecule has 1 fully saturated rings. The number of nitrogens with zero attached hydrogens (tertiary/aromatic N) is 1. The maximum absolute atomic E-state index is 12.5. The molecule has 0 spiro atoms. The second-order valence-electron chi connectivity index (χ2n) is 6.09. The average Bonchev–Trinajstić information content (AvgIpc) is 3.15. The van der Waals surface area contributed by atoms with Crippen molar-refractivity contribution in [1.29, 1.82) is 0 Å². The molecule has 7 heteroatoms. The fourth-order valence-corrected chi connectivity index (χ4v) is 5.63. The van der Waals surface area contributed by atoms with E-state index in [4.69, 9.17) is 4.74 Å². The van der Waals surface area contributed by atoms with Crippen molar-refractivity contribution in [3.05, 3.63) is 26.6 Å². The van der Waals surface area contributed by atoms with Crippen molar-refractivity contribution in [1.82, 2.24) is 9.97 Å². The fraction of sp³-hybridized carbons (Fsp3) is 0.588. The first kappa shape index (κ1) is 17.5. The van der Waals surface area contributed by atoms with E-state index in [2.05, 4.69) is 16.9 Å². The number of esters is 1. The SMILES string of the molecule is CCOC(=O)c1sc2nc([C@@H](C)SC3CCCC3)[nH]c(=O)c2c1C. The predicted molar refractivity (Wildman–Crippen MR) is 99.2 cm³/mol. The van der Waals surface area contributed by atoms with E-state index in [-0.39, 0.29) is 16.8 Å². The molecule has 0 bridgehead atoms. The lowest BCUT2D eigenvalue weighted by atomic mass is 10.2. The summed E-state index contributed by atoms with van der Waals surface area (Å²) in [4.78, 5) is 33.2. The van der Waals surface area contributed by atoms with Gasteiger partial charge in [-0.05, 0) is 39.2 Å². The first-order chi connectivity index (χ1) is 11.5. The molecule has 1 atom stereocenters. The Morgan fingerprint density at radius 3 is 2.83 bits per heavy atom. The van der Waals surface area contributed by atoms with Crippen molar-refractivity contribution >= 4 is 39.3 Å². The second kappa shape index (κ2) is 7.27. The largest absolute Gasteiger partial charge is 0.462 e. The van der Waals surface area contributed by atoms with Crippen molar-refractivity contribution in [2.45, 2.75) is 57.0 Å². The zero-order valence-corrected chi connectivity index (χ0v) is 15.8. The van der Waals surface area contributed by atoms with Crippen molar-refractivity contribution in [2.24, 2.45) is 0 Å². The molecule has 1 saturated carbocycles. The van der Waals surface area contributed by atoms with Gasteiger partial charge in [-0.1, -0.05) is 12.8 Å². The summed E-state index contributed by atoms with van der Waals surface area (Å²) in [6, 6.07) is 0. The Hall–Kier alpha value is -1.34. The van der Waals surface area contributed by atoms with Gasteiger partial charge >= 0.3 is 5.97 Å². The van der Waals surface area contributed by atoms with Crippen LogP contribution < -0.4 is 5.56 Å². The van der Waals surface area contributed by atoms with Gasteiger partial charge < -0.3 is 9.72 Å². The Morgan fingerprint density at radius 1 is 1.46 bits per heavy atom. The molecule has 24 heavy (non-hydrogen) atoms. The van der Waals surface area contributed by atoms with Crippen LogP contribution in [0.15, 0.2) is 4.79 Å². The fourth-order valence-electron chi connectivity index (χ4n) is 3.12. The van der Waals surface area contributed by atoms with Crippen molar-refractivity contribution in [3.63, 3.8) is 0 Å². The number of H-pyrrole nitrogens is 1. The molecule has 1 aliphatic carbocycles. The molecule has 1 aliphatic rings. The first-order valence-corrected chi connectivity index (χ1v) is 10.1. The van der Waals surface area contributed by atoms with Crippen LogP contribution in [0, 0.1) is 6.92 Å². The Morgan fingerprint density at radius 2 is 2.17 bits per heavy atom. The summed E-state index contributed by atoms with van der Waals surface area (Å²) < 4.78 is 5.07. The molecule has 0 saturated heterocycles. The molecule has 1 N–H and O–H groups in total. The number of carbonyl (C=O) groups is 1. The number of ether oxygens (including phenoxy) is 1. The minimum Gasteiger partial charge on any atom is -0.462 e. The average molecular weight is 367 g/mol. The Bertz CT molecular complexity index is 806. The van der Waals surface area contributed by atoms with Crippen LogP contribution >= 0.6 is 23.1 Å². The number of aromatic nitrogens is 2. The molecule has 130 valence electrons. The quantitative estimate of drug-likeness (QED) is 0.803. The van der Waals surface area contributed by atoms with Gasteiger partial charge in [-0.25, -0.2) is 9.78 Å². The highest BCUT2D eigenvalue weighted by Crippen LogP contribution is 2.38. The molecule has 0 aliphatic heterocycles. The Labute approximate surface area is 149 Å². The predicted octanol–water partition coefficient (Wildman–Crippen LogP) is 4.21. The summed E-state index contributed by atoms with van der Waals surface area (Å²) in [6.45, 7) is 5.94. The zero-order chi connectivity index (χ0) is 17.3. The molecule has 2 heterocycles. The van der Waals surface area contributed by atoms with Crippen LogP contribution in [0.5, 0.6) is 0 Å². The van der Waals surface area contributed by atoms with Crippen molar-refractivity contribution in [3.8, 4) is 0 Å². The summed E-state index contributed by atoms with van der Waals surface area (Å²) >= 11 is 3.13. The van der Waals surface area contributed by atoms with E-state index in [0.717, 1.165) is 0 Å². The lowest BCUT2D eigenvalue weighted by Crippen LogP contribution is -2.13. The third kappa shape index (κ3) is 3.37. The second-order valence-corrected chi connectivity index (χ2v) is 8.74. The highest BCUT2D eigenvalue weighted by Gasteiger charge is 2.23. The summed E-state index contributed by atoms with van der Waals surface area (Å²) in [5.41, 5.74) is 0.489. The van der Waals surface area contributed by atoms with E-state index < -0.39 is 0 Å². The first-order valence-electron chi connectivity index (χ1n) is 8.37. The van der Waals surface area contributed by atoms with E-state index in [1.54, 1.807) is 13.8 Å². The Balaban J connectivity index is 1.94. The number of fused-ring (bicyclic) bond motifs is 1. The van der Waals surface area contributed by atoms with Gasteiger partial charge in [0.05, 0.1) is 17.2 Å². The van der Waals surface area contributed by atoms with Gasteiger partial charge in [0, 0.05) is 5.25 Å². The van der Waals surface area contributed by atoms with Gasteiger partial charge in [0.1, 0.15) is 15.5 Å². The minimum absolute atomic E-state index is 0.138. The van der Waals surface area contributed by atoms with Gasteiger partial charge in [-0.2, -0.15) is 0 Å². The summed E-state index contributed by atoms with van der Waals surface area (Å²) in [5.74, 6) is 0.313. The van der Waals surface area contributed by atoms with Crippen LogP contribution in [0.1, 0.15) is 65.8 Å². The molecule has 2 aromatic heterocycles. The number of aryl methyl sites for hydroxylation is 1. The third-order valence-electron chi connectivity index (χ3n) is 4.36. The number of hydrogen-bond acceptors (Lipinski definition) is 6. The summed E-state index contributed by atoms with van der Waals surface area (Å²) in [7, 11) is 0. The number of hydrogen-bond donors (Lipinski definition) is 1. The molecule has 3 rings (SSSR count). The third-order valence-corrected chi connectivity index (χ3v) is 7.02. The lowest BCUT2D eigenvalue weighted by molar-refractivity contribution is 0.0531. The monoisotopic (exact) mass is 366 g/mol. The topological polar surface area (TPSA) is 72.0 Å². The normalized spacial score (nSPS) is 16.6. The Kier molecular flexibility index (Phi) is 5.30. The van der Waals surface area contributed by atoms with Crippen molar-refractivity contribution in [2.75, 3.05) is 6.61 Å². The molecule has 0 radical (unpaired) electrons. The van der Waals surface area contributed by atoms with E-state index in [9.17, 15) is 9.59 Å². The van der Waals surface area contributed by atoms with Crippen LogP contribution in [0.4, 0.5) is 0 Å². The van der Waals surface area contributed by atoms with Gasteiger partial charge in [-0.15, -0.1) is 23.1 Å². The van der Waals surface area contributed by atoms with Gasteiger partial charge in [-0.3, -0.25) is 4.79 Å². The standard InChI is InChI=1S/C17H22N2O3S2/c1-4-22-17(21)13-9(2)12-15(20)18-14(19-16(12)24-13)10(3)23-11-7-5-6-8-11/h10-11H,4-8H2,1-3H3,(H,18,19,20)/t10-/m1/s1. The van der Waals surface area contributed by atoms with Gasteiger partial charge in [0.25, 0.3) is 5.56 Å². The minimum atomic E-state index is -0.382. The van der Waals surface area contributed by atoms with Crippen LogP contribution in [-0.2, 0) is 4.74 Å². The van der Waals surface area contributed by atoms with Gasteiger partial charge in [0.15, 0.2) is 0 Å². The van der Waals surface area contributed by atoms with Crippen LogP contribution in [0.25, 0.3) is 10.2 Å². The summed E-state index contributed by atoms with van der Waals surface area (Å²) in [5, 5.41) is 1.30. The number of nitrogens with one attached hydrogen (secondary N) is 1.